The van der Waals surface area contributed by atoms with Crippen molar-refractivity contribution in [1.29, 1.82) is 0 Å². The first-order chi connectivity index (χ1) is 9.59. The maximum Gasteiger partial charge on any atom is 0.354 e. The minimum absolute atomic E-state index is 0.112. The fraction of sp³-hybridized carbons (Fsp3) is 0. The molecule has 0 unspecified atom stereocenters. The third-order valence-electron chi connectivity index (χ3n) is 3.12. The Morgan fingerprint density at radius 3 is 2.45 bits per heavy atom. The number of nitrogens with zero attached hydrogens (tertiary/aromatic N) is 2. The highest BCUT2D eigenvalue weighted by atomic mass is 16.4. The van der Waals surface area contributed by atoms with E-state index in [2.05, 4.69) is 11.6 Å². The lowest BCUT2D eigenvalue weighted by molar-refractivity contribution is 0.0690. The third-order valence-corrected chi connectivity index (χ3v) is 3.12. The van der Waals surface area contributed by atoms with Gasteiger partial charge in [0.25, 0.3) is 5.91 Å². The predicted octanol–water partition coefficient (Wildman–Crippen LogP) is 2.41. The maximum atomic E-state index is 12.4. The molecule has 3 rings (SSSR count). The number of aromatic nitrogens is 1. The van der Waals surface area contributed by atoms with Gasteiger partial charge in [0.15, 0.2) is 5.69 Å². The van der Waals surface area contributed by atoms with E-state index in [1.165, 1.54) is 11.0 Å². The predicted molar refractivity (Wildman–Crippen MR) is 73.5 cm³/mol. The highest BCUT2D eigenvalue weighted by Gasteiger charge is 2.32. The van der Waals surface area contributed by atoms with E-state index in [4.69, 9.17) is 5.11 Å². The monoisotopic (exact) mass is 266 g/mol. The van der Waals surface area contributed by atoms with Gasteiger partial charge in [0, 0.05) is 11.1 Å². The van der Waals surface area contributed by atoms with Crippen LogP contribution in [0.25, 0.3) is 5.70 Å². The fourth-order valence-electron chi connectivity index (χ4n) is 2.19. The molecule has 1 aliphatic heterocycles. The lowest BCUT2D eigenvalue weighted by atomic mass is 10.1. The number of anilines is 1. The summed E-state index contributed by atoms with van der Waals surface area (Å²) in [7, 11) is 0. The standard InChI is InChI=1S/C15H10N2O3/c1-9-10-5-2-3-6-11(10)14(18)17(9)13-8-4-7-12(16-13)15(19)20/h2-8H,1H2,(H,19,20). The SMILES string of the molecule is C=C1c2ccccc2C(=O)N1c1cccc(C(=O)O)n1. The Hall–Kier alpha value is -2.95. The van der Waals surface area contributed by atoms with Gasteiger partial charge in [-0.05, 0) is 18.2 Å². The second-order valence-corrected chi connectivity index (χ2v) is 4.32. The summed E-state index contributed by atoms with van der Waals surface area (Å²) in [6, 6.07) is 11.6. The first kappa shape index (κ1) is 12.1. The number of carbonyl (C=O) groups excluding carboxylic acids is 1. The van der Waals surface area contributed by atoms with Crippen molar-refractivity contribution in [3.63, 3.8) is 0 Å². The normalized spacial score (nSPS) is 13.5. The number of aromatic carboxylic acids is 1. The zero-order valence-electron chi connectivity index (χ0n) is 10.4. The summed E-state index contributed by atoms with van der Waals surface area (Å²) in [5, 5.41) is 8.97. The van der Waals surface area contributed by atoms with Crippen LogP contribution in [0.5, 0.6) is 0 Å². The molecule has 1 aromatic carbocycles. The van der Waals surface area contributed by atoms with E-state index in [-0.39, 0.29) is 17.4 Å². The molecule has 5 heteroatoms. The van der Waals surface area contributed by atoms with Crippen molar-refractivity contribution < 1.29 is 14.7 Å². The molecule has 0 bridgehead atoms. The highest BCUT2D eigenvalue weighted by molar-refractivity contribution is 6.21. The van der Waals surface area contributed by atoms with Gasteiger partial charge < -0.3 is 5.11 Å². The van der Waals surface area contributed by atoms with E-state index >= 15 is 0 Å². The Kier molecular flexibility index (Phi) is 2.61. The largest absolute Gasteiger partial charge is 0.477 e. The van der Waals surface area contributed by atoms with Crippen LogP contribution in [0.1, 0.15) is 26.4 Å². The summed E-state index contributed by atoms with van der Waals surface area (Å²) in [6.45, 7) is 3.90. The second kappa shape index (κ2) is 4.31. The van der Waals surface area contributed by atoms with Crippen molar-refractivity contribution in [2.45, 2.75) is 0 Å². The Labute approximate surface area is 114 Å². The molecule has 0 radical (unpaired) electrons. The molecule has 1 N–H and O–H groups in total. The van der Waals surface area contributed by atoms with Crippen LogP contribution in [0.15, 0.2) is 49.0 Å². The quantitative estimate of drug-likeness (QED) is 0.906. The minimum atomic E-state index is -1.14. The average molecular weight is 266 g/mol. The van der Waals surface area contributed by atoms with Crippen molar-refractivity contribution in [2.24, 2.45) is 0 Å². The summed E-state index contributed by atoms with van der Waals surface area (Å²) in [5.74, 6) is -1.13. The minimum Gasteiger partial charge on any atom is -0.477 e. The molecule has 2 heterocycles. The summed E-state index contributed by atoms with van der Waals surface area (Å²) in [5.41, 5.74) is 1.67. The molecule has 0 spiro atoms. The van der Waals surface area contributed by atoms with Crippen LogP contribution < -0.4 is 4.90 Å². The first-order valence-corrected chi connectivity index (χ1v) is 5.92. The number of carbonyl (C=O) groups is 2. The highest BCUT2D eigenvalue weighted by Crippen LogP contribution is 2.34. The van der Waals surface area contributed by atoms with E-state index in [9.17, 15) is 9.59 Å². The zero-order chi connectivity index (χ0) is 14.3. The topological polar surface area (TPSA) is 70.5 Å². The van der Waals surface area contributed by atoms with Gasteiger partial charge in [-0.25, -0.2) is 9.78 Å². The molecule has 0 aliphatic carbocycles. The molecule has 0 saturated heterocycles. The number of rotatable bonds is 2. The molecule has 0 saturated carbocycles. The van der Waals surface area contributed by atoms with Crippen molar-refractivity contribution in [3.8, 4) is 0 Å². The molecule has 20 heavy (non-hydrogen) atoms. The van der Waals surface area contributed by atoms with E-state index < -0.39 is 5.97 Å². The number of carboxylic acid groups (broad SMARTS) is 1. The van der Waals surface area contributed by atoms with Gasteiger partial charge in [0.1, 0.15) is 5.82 Å². The molecular weight excluding hydrogens is 256 g/mol. The fourth-order valence-corrected chi connectivity index (χ4v) is 2.19. The number of hydrogen-bond acceptors (Lipinski definition) is 3. The molecule has 2 aromatic rings. The molecule has 1 aromatic heterocycles. The van der Waals surface area contributed by atoms with Gasteiger partial charge in [-0.2, -0.15) is 0 Å². The van der Waals surface area contributed by atoms with Gasteiger partial charge in [0.2, 0.25) is 0 Å². The molecule has 5 nitrogen and oxygen atoms in total. The van der Waals surface area contributed by atoms with Gasteiger partial charge in [-0.15, -0.1) is 0 Å². The van der Waals surface area contributed by atoms with E-state index in [0.717, 1.165) is 5.56 Å². The summed E-state index contributed by atoms with van der Waals surface area (Å²) >= 11 is 0. The Morgan fingerprint density at radius 2 is 1.80 bits per heavy atom. The van der Waals surface area contributed by atoms with Crippen LogP contribution in [-0.2, 0) is 0 Å². The molecule has 0 fully saturated rings. The van der Waals surface area contributed by atoms with Crippen LogP contribution in [0.4, 0.5) is 5.82 Å². The molecule has 1 aliphatic rings. The van der Waals surface area contributed by atoms with Gasteiger partial charge >= 0.3 is 5.97 Å². The van der Waals surface area contributed by atoms with Gasteiger partial charge in [-0.3, -0.25) is 9.69 Å². The van der Waals surface area contributed by atoms with Crippen molar-refractivity contribution in [3.05, 3.63) is 65.9 Å². The molecule has 98 valence electrons. The van der Waals surface area contributed by atoms with Gasteiger partial charge in [0.05, 0.1) is 5.70 Å². The first-order valence-electron chi connectivity index (χ1n) is 5.92. The average Bonchev–Trinajstić information content (AvgIpc) is 2.72. The lowest BCUT2D eigenvalue weighted by Crippen LogP contribution is -2.23. The van der Waals surface area contributed by atoms with Crippen LogP contribution in [0.2, 0.25) is 0 Å². The van der Waals surface area contributed by atoms with E-state index in [0.29, 0.717) is 11.3 Å². The van der Waals surface area contributed by atoms with E-state index in [1.54, 1.807) is 30.3 Å². The van der Waals surface area contributed by atoms with Crippen LogP contribution in [0.3, 0.4) is 0 Å². The molecular formula is C15H10N2O3. The summed E-state index contributed by atoms with van der Waals surface area (Å²) in [6.07, 6.45) is 0. The Bertz CT molecular complexity index is 717. The van der Waals surface area contributed by atoms with Crippen molar-refractivity contribution >= 4 is 23.4 Å². The van der Waals surface area contributed by atoms with Crippen molar-refractivity contribution in [2.75, 3.05) is 4.90 Å². The third kappa shape index (κ3) is 1.68. The number of pyridine rings is 1. The molecule has 1 amide bonds. The van der Waals surface area contributed by atoms with Crippen LogP contribution in [-0.4, -0.2) is 22.0 Å². The Balaban J connectivity index is 2.09. The second-order valence-electron chi connectivity index (χ2n) is 4.32. The smallest absolute Gasteiger partial charge is 0.354 e. The number of fused-ring (bicyclic) bond motifs is 1. The zero-order valence-corrected chi connectivity index (χ0v) is 10.4. The van der Waals surface area contributed by atoms with Crippen molar-refractivity contribution in [1.82, 2.24) is 4.98 Å². The summed E-state index contributed by atoms with van der Waals surface area (Å²) in [4.78, 5) is 28.6. The van der Waals surface area contributed by atoms with Gasteiger partial charge in [-0.1, -0.05) is 30.8 Å². The van der Waals surface area contributed by atoms with E-state index in [1.807, 2.05) is 6.07 Å². The molecule has 0 atom stereocenters. The lowest BCUT2D eigenvalue weighted by Gasteiger charge is -2.16. The number of benzene rings is 1. The maximum absolute atomic E-state index is 12.4. The van der Waals surface area contributed by atoms with Crippen LogP contribution >= 0.6 is 0 Å². The van der Waals surface area contributed by atoms with Crippen LogP contribution in [0, 0.1) is 0 Å². The Morgan fingerprint density at radius 1 is 1.10 bits per heavy atom. The number of hydrogen-bond donors (Lipinski definition) is 1. The number of amides is 1. The summed E-state index contributed by atoms with van der Waals surface area (Å²) < 4.78 is 0. The number of carboxylic acids is 1.